The van der Waals surface area contributed by atoms with E-state index < -0.39 is 17.0 Å². The van der Waals surface area contributed by atoms with E-state index in [1.165, 1.54) is 12.1 Å². The van der Waals surface area contributed by atoms with Crippen molar-refractivity contribution in [2.75, 3.05) is 5.88 Å². The summed E-state index contributed by atoms with van der Waals surface area (Å²) in [4.78, 5) is 0. The van der Waals surface area contributed by atoms with Gasteiger partial charge in [-0.3, -0.25) is 0 Å². The van der Waals surface area contributed by atoms with Gasteiger partial charge in [-0.1, -0.05) is 12.1 Å². The molecule has 1 atom stereocenters. The standard InChI is InChI=1S/C12H16ClFO2/c1-11(2,15)12(3,8-13)16-10-7-5-4-6-9(10)14/h4-7,15H,8H2,1-3H3. The van der Waals surface area contributed by atoms with Crippen molar-refractivity contribution >= 4 is 11.6 Å². The molecule has 0 aromatic heterocycles. The van der Waals surface area contributed by atoms with Gasteiger partial charge in [0.15, 0.2) is 11.6 Å². The number of benzene rings is 1. The van der Waals surface area contributed by atoms with Gasteiger partial charge in [-0.15, -0.1) is 11.6 Å². The molecule has 90 valence electrons. The summed E-state index contributed by atoms with van der Waals surface area (Å²) in [5.74, 6) is -0.318. The van der Waals surface area contributed by atoms with Crippen molar-refractivity contribution in [2.24, 2.45) is 0 Å². The smallest absolute Gasteiger partial charge is 0.165 e. The van der Waals surface area contributed by atoms with Crippen LogP contribution in [0.25, 0.3) is 0 Å². The molecule has 16 heavy (non-hydrogen) atoms. The van der Waals surface area contributed by atoms with Crippen molar-refractivity contribution in [3.05, 3.63) is 30.1 Å². The SMILES string of the molecule is CC(C)(O)C(C)(CCl)Oc1ccccc1F. The first-order valence-electron chi connectivity index (χ1n) is 5.02. The van der Waals surface area contributed by atoms with Crippen LogP contribution in [-0.2, 0) is 0 Å². The Hall–Kier alpha value is -0.800. The summed E-state index contributed by atoms with van der Waals surface area (Å²) >= 11 is 5.79. The Morgan fingerprint density at radius 2 is 1.88 bits per heavy atom. The fourth-order valence-electron chi connectivity index (χ4n) is 1.09. The first kappa shape index (κ1) is 13.3. The van der Waals surface area contributed by atoms with E-state index in [2.05, 4.69) is 0 Å². The maximum Gasteiger partial charge on any atom is 0.165 e. The molecule has 0 aliphatic rings. The van der Waals surface area contributed by atoms with Gasteiger partial charge in [0, 0.05) is 0 Å². The molecular weight excluding hydrogens is 231 g/mol. The van der Waals surface area contributed by atoms with Gasteiger partial charge in [0.05, 0.1) is 11.5 Å². The van der Waals surface area contributed by atoms with Gasteiger partial charge in [0.1, 0.15) is 5.60 Å². The molecule has 0 aliphatic carbocycles. The number of hydrogen-bond donors (Lipinski definition) is 1. The fourth-order valence-corrected chi connectivity index (χ4v) is 1.47. The molecule has 1 unspecified atom stereocenters. The fraction of sp³-hybridized carbons (Fsp3) is 0.500. The van der Waals surface area contributed by atoms with E-state index >= 15 is 0 Å². The second-order valence-electron chi connectivity index (χ2n) is 4.46. The zero-order valence-electron chi connectivity index (χ0n) is 9.63. The van der Waals surface area contributed by atoms with E-state index in [0.29, 0.717) is 0 Å². The molecule has 0 amide bonds. The lowest BCUT2D eigenvalue weighted by Gasteiger charge is -2.39. The average molecular weight is 247 g/mol. The van der Waals surface area contributed by atoms with Crippen LogP contribution in [0.15, 0.2) is 24.3 Å². The minimum Gasteiger partial charge on any atom is -0.480 e. The minimum atomic E-state index is -1.17. The summed E-state index contributed by atoms with van der Waals surface area (Å²) in [6.07, 6.45) is 0. The number of hydrogen-bond acceptors (Lipinski definition) is 2. The van der Waals surface area contributed by atoms with Crippen LogP contribution >= 0.6 is 11.6 Å². The summed E-state index contributed by atoms with van der Waals surface area (Å²) in [5, 5.41) is 9.96. The molecule has 1 aromatic rings. The molecule has 0 fully saturated rings. The highest BCUT2D eigenvalue weighted by atomic mass is 35.5. The van der Waals surface area contributed by atoms with E-state index in [4.69, 9.17) is 16.3 Å². The van der Waals surface area contributed by atoms with Gasteiger partial charge < -0.3 is 9.84 Å². The van der Waals surface area contributed by atoms with Crippen molar-refractivity contribution in [3.8, 4) is 5.75 Å². The van der Waals surface area contributed by atoms with Gasteiger partial charge in [-0.2, -0.15) is 0 Å². The monoisotopic (exact) mass is 246 g/mol. The van der Waals surface area contributed by atoms with Crippen molar-refractivity contribution in [3.63, 3.8) is 0 Å². The normalized spacial score (nSPS) is 15.6. The van der Waals surface area contributed by atoms with Crippen LogP contribution in [0.1, 0.15) is 20.8 Å². The second-order valence-corrected chi connectivity index (χ2v) is 4.72. The Balaban J connectivity index is 2.99. The zero-order chi connectivity index (χ0) is 12.4. The molecule has 0 aliphatic heterocycles. The topological polar surface area (TPSA) is 29.5 Å². The maximum atomic E-state index is 13.4. The van der Waals surface area contributed by atoms with Crippen LogP contribution in [0.2, 0.25) is 0 Å². The molecule has 1 N–H and O–H groups in total. The second kappa shape index (κ2) is 4.60. The Morgan fingerprint density at radius 3 is 2.31 bits per heavy atom. The molecular formula is C12H16ClFO2. The lowest BCUT2D eigenvalue weighted by atomic mass is 9.89. The lowest BCUT2D eigenvalue weighted by Crippen LogP contribution is -2.53. The van der Waals surface area contributed by atoms with Gasteiger partial charge in [0.2, 0.25) is 0 Å². The average Bonchev–Trinajstić information content (AvgIpc) is 2.19. The maximum absolute atomic E-state index is 13.4. The predicted molar refractivity (Wildman–Crippen MR) is 62.5 cm³/mol. The molecule has 0 saturated carbocycles. The first-order valence-corrected chi connectivity index (χ1v) is 5.55. The highest BCUT2D eigenvalue weighted by Crippen LogP contribution is 2.30. The van der Waals surface area contributed by atoms with Crippen LogP contribution in [0.5, 0.6) is 5.75 Å². The van der Waals surface area contributed by atoms with Crippen molar-refractivity contribution in [1.82, 2.24) is 0 Å². The van der Waals surface area contributed by atoms with Crippen LogP contribution < -0.4 is 4.74 Å². The van der Waals surface area contributed by atoms with Crippen LogP contribution in [0, 0.1) is 5.82 Å². The number of halogens is 2. The highest BCUT2D eigenvalue weighted by molar-refractivity contribution is 6.18. The van der Waals surface area contributed by atoms with Crippen LogP contribution in [-0.4, -0.2) is 22.2 Å². The number of ether oxygens (including phenoxy) is 1. The zero-order valence-corrected chi connectivity index (χ0v) is 10.4. The summed E-state index contributed by atoms with van der Waals surface area (Å²) in [5.41, 5.74) is -2.21. The van der Waals surface area contributed by atoms with E-state index in [9.17, 15) is 9.50 Å². The first-order chi connectivity index (χ1) is 7.30. The summed E-state index contributed by atoms with van der Waals surface area (Å²) in [7, 11) is 0. The molecule has 0 heterocycles. The van der Waals surface area contributed by atoms with Crippen LogP contribution in [0.3, 0.4) is 0 Å². The lowest BCUT2D eigenvalue weighted by molar-refractivity contribution is -0.0897. The van der Waals surface area contributed by atoms with E-state index in [0.717, 1.165) is 0 Å². The number of alkyl halides is 1. The van der Waals surface area contributed by atoms with E-state index in [-0.39, 0.29) is 11.6 Å². The summed E-state index contributed by atoms with van der Waals surface area (Å²) in [6, 6.07) is 6.04. The summed E-state index contributed by atoms with van der Waals surface area (Å²) in [6.45, 7) is 4.80. The number of rotatable bonds is 4. The number of para-hydroxylation sites is 1. The molecule has 2 nitrogen and oxygen atoms in total. The quantitative estimate of drug-likeness (QED) is 0.828. The largest absolute Gasteiger partial charge is 0.480 e. The Labute approximate surface area is 100.0 Å². The molecule has 4 heteroatoms. The molecule has 0 saturated heterocycles. The van der Waals surface area contributed by atoms with Crippen LogP contribution in [0.4, 0.5) is 4.39 Å². The molecule has 1 aromatic carbocycles. The van der Waals surface area contributed by atoms with E-state index in [1.807, 2.05) is 0 Å². The highest BCUT2D eigenvalue weighted by Gasteiger charge is 2.41. The Bertz CT molecular complexity index is 362. The Morgan fingerprint density at radius 1 is 1.31 bits per heavy atom. The molecule has 1 rings (SSSR count). The molecule has 0 bridgehead atoms. The molecule has 0 spiro atoms. The summed E-state index contributed by atoms with van der Waals surface area (Å²) < 4.78 is 18.9. The third-order valence-corrected chi connectivity index (χ3v) is 3.23. The van der Waals surface area contributed by atoms with Crippen molar-refractivity contribution in [2.45, 2.75) is 32.0 Å². The molecule has 0 radical (unpaired) electrons. The van der Waals surface area contributed by atoms with Crippen molar-refractivity contribution in [1.29, 1.82) is 0 Å². The minimum absolute atomic E-state index is 0.0604. The van der Waals surface area contributed by atoms with Crippen molar-refractivity contribution < 1.29 is 14.2 Å². The van der Waals surface area contributed by atoms with Gasteiger partial charge in [-0.05, 0) is 32.9 Å². The third-order valence-electron chi connectivity index (χ3n) is 2.72. The number of aliphatic hydroxyl groups is 1. The third kappa shape index (κ3) is 2.66. The van der Waals surface area contributed by atoms with E-state index in [1.54, 1.807) is 32.9 Å². The van der Waals surface area contributed by atoms with Gasteiger partial charge >= 0.3 is 0 Å². The van der Waals surface area contributed by atoms with Gasteiger partial charge in [0.25, 0.3) is 0 Å². The predicted octanol–water partition coefficient (Wildman–Crippen LogP) is 2.97. The van der Waals surface area contributed by atoms with Gasteiger partial charge in [-0.25, -0.2) is 4.39 Å². The Kier molecular flexibility index (Phi) is 3.81.